The number of oxazole rings is 1. The first-order valence-corrected chi connectivity index (χ1v) is 12.9. The fourth-order valence-electron chi connectivity index (χ4n) is 5.14. The number of anilines is 3. The highest BCUT2D eigenvalue weighted by Crippen LogP contribution is 2.34. The molecule has 0 spiro atoms. The molecule has 1 aromatic heterocycles. The Morgan fingerprint density at radius 1 is 0.895 bits per heavy atom. The number of benzene rings is 3. The van der Waals surface area contributed by atoms with Crippen LogP contribution in [0.1, 0.15) is 11.1 Å². The minimum absolute atomic E-state index is 0.0682. The minimum Gasteiger partial charge on any atom is -0.423 e. The van der Waals surface area contributed by atoms with Gasteiger partial charge in [0.05, 0.1) is 26.4 Å². The number of nitrogens with zero attached hydrogens (tertiary/aromatic N) is 3. The van der Waals surface area contributed by atoms with Gasteiger partial charge in [0.15, 0.2) is 5.58 Å². The maximum Gasteiger partial charge on any atom is 0.300 e. The Bertz CT molecular complexity index is 1420. The van der Waals surface area contributed by atoms with Crippen LogP contribution >= 0.6 is 0 Å². The Morgan fingerprint density at radius 3 is 2.32 bits per heavy atom. The molecule has 0 saturated carbocycles. The van der Waals surface area contributed by atoms with Gasteiger partial charge in [-0.25, -0.2) is 8.78 Å². The standard InChI is InChI=1S/C29H30F2N4O3/c1-19-15-21(5-6-27(19)35-9-13-37-14-10-35)32-29-33-26-4-2-3-22(28(26)38-29)20-16-24(30)23(25(31)17-20)18-34-7-11-36-12-8-34/h2-6,15-17H,7-14,18H2,1H3,(H,32,33). The quantitative estimate of drug-likeness (QED) is 0.361. The third kappa shape index (κ3) is 5.09. The molecular formula is C29H30F2N4O3. The molecule has 9 heteroatoms. The molecule has 0 amide bonds. The molecule has 2 saturated heterocycles. The van der Waals surface area contributed by atoms with Crippen molar-refractivity contribution in [1.82, 2.24) is 9.88 Å². The van der Waals surface area contributed by atoms with Crippen molar-refractivity contribution >= 4 is 28.5 Å². The molecule has 38 heavy (non-hydrogen) atoms. The van der Waals surface area contributed by atoms with Crippen LogP contribution in [0.2, 0.25) is 0 Å². The molecule has 0 atom stereocenters. The smallest absolute Gasteiger partial charge is 0.300 e. The molecule has 2 aliphatic heterocycles. The molecule has 0 radical (unpaired) electrons. The van der Waals surface area contributed by atoms with Gasteiger partial charge in [-0.15, -0.1) is 0 Å². The van der Waals surface area contributed by atoms with Crippen molar-refractivity contribution in [1.29, 1.82) is 0 Å². The molecule has 2 fully saturated rings. The first-order chi connectivity index (χ1) is 18.5. The van der Waals surface area contributed by atoms with Crippen LogP contribution in [0.5, 0.6) is 0 Å². The fourth-order valence-corrected chi connectivity index (χ4v) is 5.14. The summed E-state index contributed by atoms with van der Waals surface area (Å²) in [4.78, 5) is 8.88. The van der Waals surface area contributed by atoms with E-state index in [9.17, 15) is 0 Å². The van der Waals surface area contributed by atoms with Crippen molar-refractivity contribution in [2.75, 3.05) is 62.8 Å². The van der Waals surface area contributed by atoms with Gasteiger partial charge in [-0.1, -0.05) is 12.1 Å². The minimum atomic E-state index is -0.572. The van der Waals surface area contributed by atoms with Crippen LogP contribution in [-0.4, -0.2) is 62.5 Å². The molecule has 6 rings (SSSR count). The summed E-state index contributed by atoms with van der Waals surface area (Å²) in [7, 11) is 0. The third-order valence-corrected chi connectivity index (χ3v) is 7.15. The van der Waals surface area contributed by atoms with Crippen LogP contribution in [0.3, 0.4) is 0 Å². The highest BCUT2D eigenvalue weighted by Gasteiger charge is 2.20. The second kappa shape index (κ2) is 10.7. The largest absolute Gasteiger partial charge is 0.423 e. The zero-order valence-electron chi connectivity index (χ0n) is 21.3. The molecule has 7 nitrogen and oxygen atoms in total. The SMILES string of the molecule is Cc1cc(Nc2nc3cccc(-c4cc(F)c(CN5CCOCC5)c(F)c4)c3o2)ccc1N1CCOCC1. The average Bonchev–Trinajstić information content (AvgIpc) is 3.34. The Labute approximate surface area is 220 Å². The number of fused-ring (bicyclic) bond motifs is 1. The van der Waals surface area contributed by atoms with Gasteiger partial charge in [0.25, 0.3) is 6.01 Å². The molecule has 198 valence electrons. The summed E-state index contributed by atoms with van der Waals surface area (Å²) in [6.07, 6.45) is 0. The first-order valence-electron chi connectivity index (χ1n) is 12.9. The van der Waals surface area contributed by atoms with Gasteiger partial charge >= 0.3 is 0 Å². The monoisotopic (exact) mass is 520 g/mol. The number of hydrogen-bond donors (Lipinski definition) is 1. The molecule has 0 unspecified atom stereocenters. The van der Waals surface area contributed by atoms with E-state index >= 15 is 8.78 Å². The summed E-state index contributed by atoms with van der Waals surface area (Å²) in [5.74, 6) is -1.14. The zero-order valence-corrected chi connectivity index (χ0v) is 21.3. The van der Waals surface area contributed by atoms with Crippen molar-refractivity contribution in [2.24, 2.45) is 0 Å². The normalized spacial score (nSPS) is 16.8. The van der Waals surface area contributed by atoms with Gasteiger partial charge in [-0.2, -0.15) is 4.98 Å². The summed E-state index contributed by atoms with van der Waals surface area (Å²) < 4.78 is 47.0. The van der Waals surface area contributed by atoms with Gasteiger partial charge in [0, 0.05) is 55.2 Å². The Balaban J connectivity index is 1.25. The van der Waals surface area contributed by atoms with Crippen molar-refractivity contribution in [2.45, 2.75) is 13.5 Å². The van der Waals surface area contributed by atoms with Gasteiger partial charge in [-0.05, 0) is 54.4 Å². The molecule has 4 aromatic rings. The second-order valence-electron chi connectivity index (χ2n) is 9.71. The van der Waals surface area contributed by atoms with Crippen molar-refractivity contribution in [3.63, 3.8) is 0 Å². The Morgan fingerprint density at radius 2 is 1.61 bits per heavy atom. The lowest BCUT2D eigenvalue weighted by atomic mass is 10.0. The maximum absolute atomic E-state index is 15.1. The first kappa shape index (κ1) is 24.8. The van der Waals surface area contributed by atoms with Crippen LogP contribution in [0.4, 0.5) is 26.2 Å². The topological polar surface area (TPSA) is 63.0 Å². The highest BCUT2D eigenvalue weighted by atomic mass is 19.1. The second-order valence-corrected chi connectivity index (χ2v) is 9.71. The number of aromatic nitrogens is 1. The van der Waals surface area contributed by atoms with Crippen molar-refractivity contribution in [3.8, 4) is 11.1 Å². The van der Waals surface area contributed by atoms with Crippen LogP contribution < -0.4 is 10.2 Å². The summed E-state index contributed by atoms with van der Waals surface area (Å²) in [5, 5.41) is 3.24. The van der Waals surface area contributed by atoms with Gasteiger partial charge in [-0.3, -0.25) is 4.90 Å². The number of nitrogens with one attached hydrogen (secondary N) is 1. The number of halogens is 2. The Hall–Kier alpha value is -3.53. The van der Waals surface area contributed by atoms with Gasteiger partial charge in [0.2, 0.25) is 0 Å². The van der Waals surface area contributed by atoms with E-state index in [1.165, 1.54) is 17.8 Å². The lowest BCUT2D eigenvalue weighted by Gasteiger charge is -2.30. The summed E-state index contributed by atoms with van der Waals surface area (Å²) in [6.45, 7) is 7.95. The molecule has 1 N–H and O–H groups in total. The van der Waals surface area contributed by atoms with E-state index in [1.54, 1.807) is 6.07 Å². The van der Waals surface area contributed by atoms with Gasteiger partial charge < -0.3 is 24.1 Å². The van der Waals surface area contributed by atoms with Crippen molar-refractivity contribution < 1.29 is 22.7 Å². The van der Waals surface area contributed by atoms with Crippen LogP contribution in [-0.2, 0) is 16.0 Å². The number of hydrogen-bond acceptors (Lipinski definition) is 7. The average molecular weight is 521 g/mol. The van der Waals surface area contributed by atoms with Gasteiger partial charge in [0.1, 0.15) is 17.2 Å². The summed E-state index contributed by atoms with van der Waals surface area (Å²) >= 11 is 0. The Kier molecular flexibility index (Phi) is 6.97. The lowest BCUT2D eigenvalue weighted by molar-refractivity contribution is 0.0332. The van der Waals surface area contributed by atoms with E-state index in [0.29, 0.717) is 54.5 Å². The predicted molar refractivity (Wildman–Crippen MR) is 143 cm³/mol. The van der Waals surface area contributed by atoms with E-state index < -0.39 is 11.6 Å². The van der Waals surface area contributed by atoms with E-state index in [1.807, 2.05) is 23.1 Å². The fraction of sp³-hybridized carbons (Fsp3) is 0.345. The molecule has 3 aromatic carbocycles. The number of morpholine rings is 2. The molecule has 0 aliphatic carbocycles. The van der Waals surface area contributed by atoms with E-state index in [-0.39, 0.29) is 12.1 Å². The molecular weight excluding hydrogens is 490 g/mol. The number of ether oxygens (including phenoxy) is 2. The van der Waals surface area contributed by atoms with Crippen LogP contribution in [0.25, 0.3) is 22.2 Å². The maximum atomic E-state index is 15.1. The van der Waals surface area contributed by atoms with E-state index in [2.05, 4.69) is 34.3 Å². The molecule has 2 aliphatic rings. The lowest BCUT2D eigenvalue weighted by Crippen LogP contribution is -2.36. The van der Waals surface area contributed by atoms with Crippen LogP contribution in [0, 0.1) is 18.6 Å². The van der Waals surface area contributed by atoms with E-state index in [4.69, 9.17) is 13.9 Å². The number of para-hydroxylation sites is 1. The molecule has 3 heterocycles. The van der Waals surface area contributed by atoms with Crippen LogP contribution in [0.15, 0.2) is 52.9 Å². The predicted octanol–water partition coefficient (Wildman–Crippen LogP) is 5.49. The third-order valence-electron chi connectivity index (χ3n) is 7.15. The highest BCUT2D eigenvalue weighted by molar-refractivity contribution is 5.91. The number of aryl methyl sites for hydroxylation is 1. The summed E-state index contributed by atoms with van der Waals surface area (Å²) in [5.41, 5.74) is 5.29. The summed E-state index contributed by atoms with van der Waals surface area (Å²) in [6, 6.07) is 14.6. The van der Waals surface area contributed by atoms with Crippen molar-refractivity contribution in [3.05, 3.63) is 71.3 Å². The van der Waals surface area contributed by atoms with E-state index in [0.717, 1.165) is 37.6 Å². The number of rotatable bonds is 6. The zero-order chi connectivity index (χ0) is 26.1. The molecule has 0 bridgehead atoms.